The van der Waals surface area contributed by atoms with Crippen LogP contribution < -0.4 is 5.73 Å². The lowest BCUT2D eigenvalue weighted by atomic mass is 9.82. The average Bonchev–Trinajstić information content (AvgIpc) is 3.12. The van der Waals surface area contributed by atoms with Crippen LogP contribution in [0.2, 0.25) is 0 Å². The molecular weight excluding hydrogens is 284 g/mol. The lowest BCUT2D eigenvalue weighted by Crippen LogP contribution is -2.22. The van der Waals surface area contributed by atoms with Crippen LogP contribution >= 0.6 is 12.4 Å². The summed E-state index contributed by atoms with van der Waals surface area (Å²) in [7, 11) is 0. The molecule has 3 fully saturated rings. The first-order valence-corrected chi connectivity index (χ1v) is 8.14. The molecule has 0 spiro atoms. The molecule has 3 N–H and O–H groups in total. The minimum atomic E-state index is -0.368. The molecule has 0 aromatic carbocycles. The van der Waals surface area contributed by atoms with Crippen molar-refractivity contribution in [1.29, 1.82) is 0 Å². The second-order valence-electron chi connectivity index (χ2n) is 7.04. The standard InChI is InChI=1S/C17H24N2O.ClH/c18-9-13-5-6-14(11-3-4-11)16(19-13)17(20)15-8-10-1-2-12(15)7-10;/h5-6,10-12,15,17,20H,1-4,7-9,18H2;1H/t10-,12+,15?,17?;/m0./s1. The molecule has 3 saturated carbocycles. The van der Waals surface area contributed by atoms with Crippen LogP contribution in [-0.2, 0) is 6.54 Å². The van der Waals surface area contributed by atoms with E-state index in [9.17, 15) is 5.11 Å². The number of nitrogens with two attached hydrogens (primary N) is 1. The number of nitrogens with zero attached hydrogens (tertiary/aromatic N) is 1. The van der Waals surface area contributed by atoms with Crippen molar-refractivity contribution in [1.82, 2.24) is 4.98 Å². The van der Waals surface area contributed by atoms with Crippen molar-refractivity contribution in [3.63, 3.8) is 0 Å². The van der Waals surface area contributed by atoms with Crippen LogP contribution in [0.3, 0.4) is 0 Å². The van der Waals surface area contributed by atoms with Gasteiger partial charge in [0.2, 0.25) is 0 Å². The van der Waals surface area contributed by atoms with Gasteiger partial charge in [0.1, 0.15) is 0 Å². The molecule has 3 aliphatic rings. The van der Waals surface area contributed by atoms with Crippen LogP contribution in [0.25, 0.3) is 0 Å². The fourth-order valence-corrected chi connectivity index (χ4v) is 4.50. The Morgan fingerprint density at radius 2 is 2.00 bits per heavy atom. The number of pyridine rings is 1. The van der Waals surface area contributed by atoms with Gasteiger partial charge in [-0.2, -0.15) is 0 Å². The van der Waals surface area contributed by atoms with Crippen molar-refractivity contribution in [2.24, 2.45) is 23.5 Å². The third-order valence-electron chi connectivity index (χ3n) is 5.72. The monoisotopic (exact) mass is 308 g/mol. The summed E-state index contributed by atoms with van der Waals surface area (Å²) in [4.78, 5) is 4.71. The van der Waals surface area contributed by atoms with Gasteiger partial charge in [-0.1, -0.05) is 12.5 Å². The summed E-state index contributed by atoms with van der Waals surface area (Å²) in [6.45, 7) is 0.460. The maximum absolute atomic E-state index is 10.9. The predicted octanol–water partition coefficient (Wildman–Crippen LogP) is 3.31. The molecule has 0 amide bonds. The Labute approximate surface area is 132 Å². The van der Waals surface area contributed by atoms with E-state index in [2.05, 4.69) is 6.07 Å². The first kappa shape index (κ1) is 15.3. The SMILES string of the molecule is Cl.NCc1ccc(C2CC2)c(C(O)C2C[C@H]3CC[C@@H]2C3)n1. The van der Waals surface area contributed by atoms with Crippen molar-refractivity contribution < 1.29 is 5.11 Å². The minimum Gasteiger partial charge on any atom is -0.386 e. The average molecular weight is 309 g/mol. The van der Waals surface area contributed by atoms with E-state index in [1.165, 1.54) is 44.1 Å². The number of aromatic nitrogens is 1. The first-order chi connectivity index (χ1) is 9.76. The Balaban J connectivity index is 0.00000132. The molecule has 4 atom stereocenters. The second kappa shape index (κ2) is 5.86. The summed E-state index contributed by atoms with van der Waals surface area (Å²) >= 11 is 0. The summed E-state index contributed by atoms with van der Waals surface area (Å²) in [5.41, 5.74) is 8.88. The number of hydrogen-bond donors (Lipinski definition) is 2. The molecule has 0 aliphatic heterocycles. The molecule has 1 aromatic heterocycles. The van der Waals surface area contributed by atoms with Crippen molar-refractivity contribution in [3.05, 3.63) is 29.1 Å². The van der Waals surface area contributed by atoms with Crippen LogP contribution in [0, 0.1) is 17.8 Å². The van der Waals surface area contributed by atoms with E-state index in [1.54, 1.807) is 0 Å². The van der Waals surface area contributed by atoms with Crippen LogP contribution in [0.15, 0.2) is 12.1 Å². The normalized spacial score (nSPS) is 32.0. The highest BCUT2D eigenvalue weighted by atomic mass is 35.5. The number of aliphatic hydroxyl groups excluding tert-OH is 1. The predicted molar refractivity (Wildman–Crippen MR) is 85.2 cm³/mol. The molecule has 3 nitrogen and oxygen atoms in total. The van der Waals surface area contributed by atoms with Crippen LogP contribution in [0.5, 0.6) is 0 Å². The Bertz CT molecular complexity index is 518. The molecule has 2 bridgehead atoms. The fraction of sp³-hybridized carbons (Fsp3) is 0.706. The van der Waals surface area contributed by atoms with Crippen molar-refractivity contribution >= 4 is 12.4 Å². The van der Waals surface area contributed by atoms with Gasteiger partial charge < -0.3 is 10.8 Å². The van der Waals surface area contributed by atoms with Gasteiger partial charge in [-0.25, -0.2) is 0 Å². The fourth-order valence-electron chi connectivity index (χ4n) is 4.50. The van der Waals surface area contributed by atoms with E-state index in [0.717, 1.165) is 23.2 Å². The summed E-state index contributed by atoms with van der Waals surface area (Å²) in [5.74, 6) is 2.66. The number of halogens is 1. The Morgan fingerprint density at radius 3 is 2.57 bits per heavy atom. The zero-order chi connectivity index (χ0) is 13.7. The third kappa shape index (κ3) is 2.71. The lowest BCUT2D eigenvalue weighted by Gasteiger charge is -2.28. The molecule has 0 radical (unpaired) electrons. The van der Waals surface area contributed by atoms with Crippen LogP contribution in [0.4, 0.5) is 0 Å². The van der Waals surface area contributed by atoms with Crippen molar-refractivity contribution in [3.8, 4) is 0 Å². The lowest BCUT2D eigenvalue weighted by molar-refractivity contribution is 0.0700. The summed E-state index contributed by atoms with van der Waals surface area (Å²) < 4.78 is 0. The van der Waals surface area contributed by atoms with Gasteiger partial charge >= 0.3 is 0 Å². The third-order valence-corrected chi connectivity index (χ3v) is 5.72. The minimum absolute atomic E-state index is 0. The van der Waals surface area contributed by atoms with Gasteiger partial charge in [0.05, 0.1) is 17.5 Å². The number of fused-ring (bicyclic) bond motifs is 2. The molecule has 3 aliphatic carbocycles. The quantitative estimate of drug-likeness (QED) is 0.897. The smallest absolute Gasteiger partial charge is 0.0993 e. The second-order valence-corrected chi connectivity index (χ2v) is 7.04. The molecule has 21 heavy (non-hydrogen) atoms. The van der Waals surface area contributed by atoms with E-state index in [-0.39, 0.29) is 18.5 Å². The van der Waals surface area contributed by atoms with E-state index in [4.69, 9.17) is 10.7 Å². The van der Waals surface area contributed by atoms with E-state index in [0.29, 0.717) is 18.4 Å². The van der Waals surface area contributed by atoms with Crippen molar-refractivity contribution in [2.75, 3.05) is 0 Å². The molecule has 1 heterocycles. The highest BCUT2D eigenvalue weighted by Crippen LogP contribution is 2.53. The van der Waals surface area contributed by atoms with Crippen LogP contribution in [-0.4, -0.2) is 10.1 Å². The Kier molecular flexibility index (Phi) is 4.26. The number of rotatable bonds is 4. The summed E-state index contributed by atoms with van der Waals surface area (Å²) in [5, 5.41) is 10.9. The maximum Gasteiger partial charge on any atom is 0.0993 e. The Morgan fingerprint density at radius 1 is 1.19 bits per heavy atom. The molecule has 4 heteroatoms. The van der Waals surface area contributed by atoms with Gasteiger partial charge in [-0.3, -0.25) is 4.98 Å². The van der Waals surface area contributed by atoms with Gasteiger partial charge in [0.25, 0.3) is 0 Å². The van der Waals surface area contributed by atoms with Gasteiger partial charge in [0, 0.05) is 6.54 Å². The Hall–Kier alpha value is -0.640. The highest BCUT2D eigenvalue weighted by Gasteiger charge is 2.44. The highest BCUT2D eigenvalue weighted by molar-refractivity contribution is 5.85. The van der Waals surface area contributed by atoms with Gasteiger partial charge in [-0.15, -0.1) is 12.4 Å². The van der Waals surface area contributed by atoms with Gasteiger partial charge in [-0.05, 0) is 67.4 Å². The molecule has 1 aromatic rings. The molecule has 0 saturated heterocycles. The van der Waals surface area contributed by atoms with Gasteiger partial charge in [0.15, 0.2) is 0 Å². The first-order valence-electron chi connectivity index (χ1n) is 8.14. The largest absolute Gasteiger partial charge is 0.386 e. The summed E-state index contributed by atoms with van der Waals surface area (Å²) in [6.07, 6.45) is 7.34. The van der Waals surface area contributed by atoms with E-state index >= 15 is 0 Å². The molecular formula is C17H25ClN2O. The maximum atomic E-state index is 10.9. The number of aliphatic hydroxyl groups is 1. The van der Waals surface area contributed by atoms with E-state index < -0.39 is 0 Å². The topological polar surface area (TPSA) is 59.1 Å². The zero-order valence-electron chi connectivity index (χ0n) is 12.4. The zero-order valence-corrected chi connectivity index (χ0v) is 13.2. The molecule has 116 valence electrons. The molecule has 2 unspecified atom stereocenters. The van der Waals surface area contributed by atoms with E-state index in [1.807, 2.05) is 6.07 Å². The summed E-state index contributed by atoms with van der Waals surface area (Å²) in [6, 6.07) is 4.20. The number of hydrogen-bond acceptors (Lipinski definition) is 3. The molecule has 4 rings (SSSR count). The van der Waals surface area contributed by atoms with Crippen LogP contribution in [0.1, 0.15) is 67.5 Å². The van der Waals surface area contributed by atoms with Crippen molar-refractivity contribution in [2.45, 2.75) is 57.1 Å².